The van der Waals surface area contributed by atoms with Crippen LogP contribution in [0.5, 0.6) is 0 Å². The summed E-state index contributed by atoms with van der Waals surface area (Å²) in [6, 6.07) is 3.25. The lowest BCUT2D eigenvalue weighted by atomic mass is 10.1. The Labute approximate surface area is 171 Å². The largest absolute Gasteiger partial charge is 0.448 e. The molecule has 1 amide bonds. The number of esters is 1. The predicted molar refractivity (Wildman–Crippen MR) is 109 cm³/mol. The topological polar surface area (TPSA) is 118 Å². The number of aryl methyl sites for hydroxylation is 1. The van der Waals surface area contributed by atoms with E-state index in [4.69, 9.17) is 4.74 Å². The average Bonchev–Trinajstić information content (AvgIpc) is 3.12. The van der Waals surface area contributed by atoms with Crippen molar-refractivity contribution in [2.75, 3.05) is 11.5 Å². The fourth-order valence-electron chi connectivity index (χ4n) is 3.34. The molecule has 2 atom stereocenters. The molecule has 1 fully saturated rings. The zero-order valence-electron chi connectivity index (χ0n) is 17.2. The highest BCUT2D eigenvalue weighted by Crippen LogP contribution is 2.19. The van der Waals surface area contributed by atoms with E-state index in [-0.39, 0.29) is 17.1 Å². The van der Waals surface area contributed by atoms with E-state index in [0.29, 0.717) is 6.42 Å². The monoisotopic (exact) mass is 421 g/mol. The zero-order chi connectivity index (χ0) is 21.8. The standard InChI is InChI=1S/C20H27N3O5S/c1-5-7-23-13(2)9-16(14(23)3)10-17(11-21)20(25)28-15(4)19(24)22-18-6-8-29(26,27)12-18/h9-10,15,18H,5-8,12H2,1-4H3,(H,22,24)/b17-10+/t15-,18+/m1/s1. The first kappa shape index (κ1) is 22.7. The average molecular weight is 422 g/mol. The van der Waals surface area contributed by atoms with Crippen LogP contribution in [0, 0.1) is 25.2 Å². The second-order valence-corrected chi connectivity index (χ2v) is 9.53. The maximum absolute atomic E-state index is 12.4. The Morgan fingerprint density at radius 1 is 1.45 bits per heavy atom. The van der Waals surface area contributed by atoms with E-state index in [2.05, 4.69) is 16.8 Å². The van der Waals surface area contributed by atoms with Crippen LogP contribution in [-0.4, -0.2) is 48.5 Å². The second-order valence-electron chi connectivity index (χ2n) is 7.30. The van der Waals surface area contributed by atoms with Crippen molar-refractivity contribution >= 4 is 27.8 Å². The molecule has 0 radical (unpaired) electrons. The number of nitrogens with zero attached hydrogens (tertiary/aromatic N) is 2. The summed E-state index contributed by atoms with van der Waals surface area (Å²) in [7, 11) is -3.13. The number of sulfone groups is 1. The van der Waals surface area contributed by atoms with Gasteiger partial charge in [-0.3, -0.25) is 4.79 Å². The van der Waals surface area contributed by atoms with Crippen molar-refractivity contribution in [3.8, 4) is 6.07 Å². The van der Waals surface area contributed by atoms with Gasteiger partial charge in [0.05, 0.1) is 11.5 Å². The summed E-state index contributed by atoms with van der Waals surface area (Å²) in [5.41, 5.74) is 2.52. The summed E-state index contributed by atoms with van der Waals surface area (Å²) < 4.78 is 30.2. The molecule has 1 aliphatic heterocycles. The minimum Gasteiger partial charge on any atom is -0.448 e. The molecule has 0 bridgehead atoms. The lowest BCUT2D eigenvalue weighted by Gasteiger charge is -2.16. The van der Waals surface area contributed by atoms with E-state index < -0.39 is 33.9 Å². The van der Waals surface area contributed by atoms with Gasteiger partial charge in [0.2, 0.25) is 0 Å². The molecule has 2 rings (SSSR count). The Morgan fingerprint density at radius 2 is 2.14 bits per heavy atom. The molecular weight excluding hydrogens is 394 g/mol. The lowest BCUT2D eigenvalue weighted by molar-refractivity contribution is -0.150. The van der Waals surface area contributed by atoms with Crippen LogP contribution >= 0.6 is 0 Å². The number of nitrogens with one attached hydrogen (secondary N) is 1. The highest BCUT2D eigenvalue weighted by atomic mass is 32.2. The SMILES string of the molecule is CCCn1c(C)cc(/C=C(\C#N)C(=O)O[C@H](C)C(=O)N[C@H]2CCS(=O)(=O)C2)c1C. The van der Waals surface area contributed by atoms with Crippen molar-refractivity contribution in [2.45, 2.75) is 59.2 Å². The van der Waals surface area contributed by atoms with Crippen molar-refractivity contribution in [3.63, 3.8) is 0 Å². The van der Waals surface area contributed by atoms with Crippen LogP contribution in [0.2, 0.25) is 0 Å². The molecule has 1 saturated heterocycles. The molecule has 2 heterocycles. The molecule has 0 spiro atoms. The third-order valence-corrected chi connectivity index (χ3v) is 6.70. The predicted octanol–water partition coefficient (Wildman–Crippen LogP) is 1.66. The Balaban J connectivity index is 2.06. The molecule has 0 unspecified atom stereocenters. The maximum atomic E-state index is 12.4. The fraction of sp³-hybridized carbons (Fsp3) is 0.550. The van der Waals surface area contributed by atoms with Gasteiger partial charge in [0.15, 0.2) is 15.9 Å². The van der Waals surface area contributed by atoms with E-state index in [1.165, 1.54) is 13.0 Å². The van der Waals surface area contributed by atoms with E-state index in [0.717, 1.165) is 29.9 Å². The summed E-state index contributed by atoms with van der Waals surface area (Å²) in [4.78, 5) is 24.6. The third kappa shape index (κ3) is 5.70. The van der Waals surface area contributed by atoms with Gasteiger partial charge >= 0.3 is 5.97 Å². The van der Waals surface area contributed by atoms with Crippen LogP contribution < -0.4 is 5.32 Å². The van der Waals surface area contributed by atoms with Gasteiger partial charge in [-0.2, -0.15) is 5.26 Å². The Kier molecular flexibility index (Phi) is 7.25. The summed E-state index contributed by atoms with van der Waals surface area (Å²) in [6.45, 7) is 8.17. The van der Waals surface area contributed by atoms with Crippen LogP contribution in [0.3, 0.4) is 0 Å². The summed E-state index contributed by atoms with van der Waals surface area (Å²) >= 11 is 0. The molecule has 0 saturated carbocycles. The molecular formula is C20H27N3O5S. The Morgan fingerprint density at radius 3 is 2.69 bits per heavy atom. The molecule has 0 aliphatic carbocycles. The molecule has 1 aromatic rings. The smallest absolute Gasteiger partial charge is 0.349 e. The summed E-state index contributed by atoms with van der Waals surface area (Å²) in [6.07, 6.45) is 1.62. The van der Waals surface area contributed by atoms with Gasteiger partial charge in [0.25, 0.3) is 5.91 Å². The number of amides is 1. The van der Waals surface area contributed by atoms with Crippen LogP contribution in [0.25, 0.3) is 6.08 Å². The molecule has 29 heavy (non-hydrogen) atoms. The number of ether oxygens (including phenoxy) is 1. The number of carbonyl (C=O) groups is 2. The van der Waals surface area contributed by atoms with E-state index in [1.54, 1.807) is 0 Å². The van der Waals surface area contributed by atoms with Crippen molar-refractivity contribution in [1.82, 2.24) is 9.88 Å². The minimum atomic E-state index is -3.13. The minimum absolute atomic E-state index is 0.0316. The van der Waals surface area contributed by atoms with Gasteiger partial charge in [-0.25, -0.2) is 13.2 Å². The van der Waals surface area contributed by atoms with Crippen molar-refractivity contribution in [2.24, 2.45) is 0 Å². The van der Waals surface area contributed by atoms with Gasteiger partial charge in [-0.05, 0) is 51.3 Å². The zero-order valence-corrected chi connectivity index (χ0v) is 18.0. The third-order valence-electron chi connectivity index (χ3n) is 4.93. The van der Waals surface area contributed by atoms with Crippen molar-refractivity contribution < 1.29 is 22.7 Å². The summed E-state index contributed by atoms with van der Waals surface area (Å²) in [5.74, 6) is -1.56. The van der Waals surface area contributed by atoms with Crippen LogP contribution in [0.4, 0.5) is 0 Å². The lowest BCUT2D eigenvalue weighted by Crippen LogP contribution is -2.42. The first-order valence-corrected chi connectivity index (χ1v) is 11.4. The van der Waals surface area contributed by atoms with Gasteiger partial charge in [-0.1, -0.05) is 6.92 Å². The normalized spacial score (nSPS) is 19.4. The fourth-order valence-corrected chi connectivity index (χ4v) is 5.01. The van der Waals surface area contributed by atoms with Gasteiger partial charge < -0.3 is 14.6 Å². The van der Waals surface area contributed by atoms with Crippen molar-refractivity contribution in [1.29, 1.82) is 5.26 Å². The molecule has 158 valence electrons. The molecule has 1 aromatic heterocycles. The van der Waals surface area contributed by atoms with Gasteiger partial charge in [0, 0.05) is 24.0 Å². The number of nitriles is 1. The first-order valence-electron chi connectivity index (χ1n) is 9.58. The van der Waals surface area contributed by atoms with Crippen LogP contribution in [0.15, 0.2) is 11.6 Å². The Bertz CT molecular complexity index is 969. The van der Waals surface area contributed by atoms with Gasteiger partial charge in [0.1, 0.15) is 11.6 Å². The molecule has 1 N–H and O–H groups in total. The van der Waals surface area contributed by atoms with Gasteiger partial charge in [-0.15, -0.1) is 0 Å². The highest BCUT2D eigenvalue weighted by molar-refractivity contribution is 7.91. The summed E-state index contributed by atoms with van der Waals surface area (Å²) in [5, 5.41) is 12.0. The number of rotatable bonds is 7. The molecule has 8 nitrogen and oxygen atoms in total. The van der Waals surface area contributed by atoms with Crippen LogP contribution in [0.1, 0.15) is 43.6 Å². The number of aromatic nitrogens is 1. The number of hydrogen-bond donors (Lipinski definition) is 1. The molecule has 1 aliphatic rings. The first-order chi connectivity index (χ1) is 13.6. The van der Waals surface area contributed by atoms with Crippen LogP contribution in [-0.2, 0) is 30.7 Å². The van der Waals surface area contributed by atoms with E-state index >= 15 is 0 Å². The maximum Gasteiger partial charge on any atom is 0.349 e. The number of hydrogen-bond acceptors (Lipinski definition) is 6. The second kappa shape index (κ2) is 9.27. The highest BCUT2D eigenvalue weighted by Gasteiger charge is 2.31. The number of carbonyl (C=O) groups excluding carboxylic acids is 2. The molecule has 0 aromatic carbocycles. The molecule has 9 heteroatoms. The Hall–Kier alpha value is -2.60. The van der Waals surface area contributed by atoms with Crippen molar-refractivity contribution in [3.05, 3.63) is 28.6 Å². The van der Waals surface area contributed by atoms with E-state index in [1.807, 2.05) is 26.0 Å². The quantitative estimate of drug-likeness (QED) is 0.406. The van der Waals surface area contributed by atoms with E-state index in [9.17, 15) is 23.3 Å².